The van der Waals surface area contributed by atoms with Gasteiger partial charge in [0.2, 0.25) is 5.91 Å². The van der Waals surface area contributed by atoms with Gasteiger partial charge < -0.3 is 9.80 Å². The number of hydrogen-bond donors (Lipinski definition) is 0. The number of anilines is 1. The quantitative estimate of drug-likeness (QED) is 0.855. The number of nitriles is 1. The van der Waals surface area contributed by atoms with Crippen molar-refractivity contribution in [2.75, 3.05) is 32.6 Å². The van der Waals surface area contributed by atoms with Crippen LogP contribution in [0, 0.1) is 11.3 Å². The first kappa shape index (κ1) is 13.5. The maximum absolute atomic E-state index is 11.6. The van der Waals surface area contributed by atoms with Crippen molar-refractivity contribution in [1.82, 2.24) is 4.90 Å². The molecule has 0 aliphatic carbocycles. The van der Waals surface area contributed by atoms with E-state index in [1.54, 1.807) is 32.1 Å². The minimum absolute atomic E-state index is 0.000640. The van der Waals surface area contributed by atoms with Gasteiger partial charge in [-0.1, -0.05) is 15.9 Å². The fourth-order valence-corrected chi connectivity index (χ4v) is 1.72. The predicted octanol–water partition coefficient (Wildman–Crippen LogP) is 1.85. The summed E-state index contributed by atoms with van der Waals surface area (Å²) in [6, 6.07) is 7.54. The van der Waals surface area contributed by atoms with E-state index in [0.717, 1.165) is 10.2 Å². The first-order chi connectivity index (χ1) is 7.95. The number of nitrogens with zero attached hydrogens (tertiary/aromatic N) is 3. The normalized spacial score (nSPS) is 9.59. The zero-order valence-corrected chi connectivity index (χ0v) is 11.7. The van der Waals surface area contributed by atoms with Gasteiger partial charge in [-0.25, -0.2) is 0 Å². The molecule has 1 rings (SSSR count). The SMILES string of the molecule is CN(C)C(=O)CN(C)c1ccc(Br)cc1C#N. The van der Waals surface area contributed by atoms with Crippen molar-refractivity contribution in [3.05, 3.63) is 28.2 Å². The van der Waals surface area contributed by atoms with E-state index >= 15 is 0 Å². The van der Waals surface area contributed by atoms with Gasteiger partial charge in [0.15, 0.2) is 0 Å². The topological polar surface area (TPSA) is 47.3 Å². The molecule has 0 N–H and O–H groups in total. The Labute approximate surface area is 110 Å². The second-order valence-corrected chi connectivity index (χ2v) is 4.83. The van der Waals surface area contributed by atoms with Crippen molar-refractivity contribution < 1.29 is 4.79 Å². The molecule has 0 aliphatic heterocycles. The average molecular weight is 296 g/mol. The highest BCUT2D eigenvalue weighted by molar-refractivity contribution is 9.10. The lowest BCUT2D eigenvalue weighted by atomic mass is 10.2. The summed E-state index contributed by atoms with van der Waals surface area (Å²) in [5.74, 6) is -0.000640. The first-order valence-corrected chi connectivity index (χ1v) is 5.86. The van der Waals surface area contributed by atoms with Crippen LogP contribution in [-0.2, 0) is 4.79 Å². The van der Waals surface area contributed by atoms with Gasteiger partial charge in [-0.05, 0) is 18.2 Å². The van der Waals surface area contributed by atoms with Crippen molar-refractivity contribution in [1.29, 1.82) is 5.26 Å². The molecule has 0 saturated carbocycles. The molecule has 0 bridgehead atoms. The van der Waals surface area contributed by atoms with Crippen LogP contribution in [-0.4, -0.2) is 38.5 Å². The van der Waals surface area contributed by atoms with Gasteiger partial charge in [-0.15, -0.1) is 0 Å². The fourth-order valence-electron chi connectivity index (χ4n) is 1.36. The van der Waals surface area contributed by atoms with E-state index in [1.807, 2.05) is 12.1 Å². The van der Waals surface area contributed by atoms with E-state index in [9.17, 15) is 4.79 Å². The molecule has 0 radical (unpaired) electrons. The van der Waals surface area contributed by atoms with Crippen LogP contribution >= 0.6 is 15.9 Å². The van der Waals surface area contributed by atoms with Gasteiger partial charge >= 0.3 is 0 Å². The summed E-state index contributed by atoms with van der Waals surface area (Å²) in [5.41, 5.74) is 1.30. The Morgan fingerprint density at radius 1 is 1.41 bits per heavy atom. The van der Waals surface area contributed by atoms with Crippen molar-refractivity contribution in [3.8, 4) is 6.07 Å². The van der Waals surface area contributed by atoms with E-state index in [1.165, 1.54) is 4.90 Å². The lowest BCUT2D eigenvalue weighted by molar-refractivity contribution is -0.127. The Morgan fingerprint density at radius 3 is 2.59 bits per heavy atom. The molecule has 17 heavy (non-hydrogen) atoms. The van der Waals surface area contributed by atoms with Gasteiger partial charge in [-0.2, -0.15) is 5.26 Å². The molecule has 0 unspecified atom stereocenters. The van der Waals surface area contributed by atoms with Crippen LogP contribution in [0.1, 0.15) is 5.56 Å². The number of carbonyl (C=O) groups is 1. The second-order valence-electron chi connectivity index (χ2n) is 3.92. The standard InChI is InChI=1S/C12H14BrN3O/c1-15(2)12(17)8-16(3)11-5-4-10(13)6-9(11)7-14/h4-6H,8H2,1-3H3. The van der Waals surface area contributed by atoms with E-state index in [2.05, 4.69) is 22.0 Å². The van der Waals surface area contributed by atoms with Crippen LogP contribution in [0.15, 0.2) is 22.7 Å². The zero-order chi connectivity index (χ0) is 13.0. The molecule has 0 saturated heterocycles. The van der Waals surface area contributed by atoms with Crippen molar-refractivity contribution >= 4 is 27.5 Å². The number of hydrogen-bond acceptors (Lipinski definition) is 3. The van der Waals surface area contributed by atoms with Gasteiger partial charge in [-0.3, -0.25) is 4.79 Å². The van der Waals surface area contributed by atoms with Crippen LogP contribution in [0.25, 0.3) is 0 Å². The lowest BCUT2D eigenvalue weighted by Gasteiger charge is -2.22. The van der Waals surface area contributed by atoms with E-state index in [4.69, 9.17) is 5.26 Å². The Kier molecular flexibility index (Phi) is 4.53. The molecule has 0 aromatic heterocycles. The number of likely N-dealkylation sites (N-methyl/N-ethyl adjacent to an activating group) is 2. The highest BCUT2D eigenvalue weighted by Gasteiger charge is 2.12. The summed E-state index contributed by atoms with van der Waals surface area (Å²) < 4.78 is 0.852. The van der Waals surface area contributed by atoms with Crippen molar-refractivity contribution in [2.24, 2.45) is 0 Å². The van der Waals surface area contributed by atoms with Gasteiger partial charge in [0.1, 0.15) is 6.07 Å². The molecule has 1 aromatic carbocycles. The molecule has 0 heterocycles. The summed E-state index contributed by atoms with van der Waals surface area (Å²) in [6.45, 7) is 0.253. The molecule has 5 heteroatoms. The predicted molar refractivity (Wildman–Crippen MR) is 70.8 cm³/mol. The molecule has 1 amide bonds. The van der Waals surface area contributed by atoms with Crippen LogP contribution in [0.4, 0.5) is 5.69 Å². The summed E-state index contributed by atoms with van der Waals surface area (Å²) in [6.07, 6.45) is 0. The molecule has 1 aromatic rings. The number of halogens is 1. The first-order valence-electron chi connectivity index (χ1n) is 5.06. The number of carbonyl (C=O) groups excluding carboxylic acids is 1. The van der Waals surface area contributed by atoms with Crippen molar-refractivity contribution in [3.63, 3.8) is 0 Å². The fraction of sp³-hybridized carbons (Fsp3) is 0.333. The summed E-state index contributed by atoms with van der Waals surface area (Å²) in [7, 11) is 5.22. The molecule has 90 valence electrons. The molecule has 0 spiro atoms. The number of rotatable bonds is 3. The minimum atomic E-state index is -0.000640. The van der Waals surface area contributed by atoms with E-state index in [0.29, 0.717) is 5.56 Å². The average Bonchev–Trinajstić information content (AvgIpc) is 2.28. The van der Waals surface area contributed by atoms with E-state index in [-0.39, 0.29) is 12.5 Å². The Bertz CT molecular complexity index is 465. The third-order valence-electron chi connectivity index (χ3n) is 2.36. The largest absolute Gasteiger partial charge is 0.364 e. The molecule has 0 atom stereocenters. The Hall–Kier alpha value is -1.54. The second kappa shape index (κ2) is 5.69. The number of amides is 1. The van der Waals surface area contributed by atoms with E-state index < -0.39 is 0 Å². The summed E-state index contributed by atoms with van der Waals surface area (Å²) in [4.78, 5) is 14.9. The highest BCUT2D eigenvalue weighted by Crippen LogP contribution is 2.22. The molecular weight excluding hydrogens is 282 g/mol. The number of benzene rings is 1. The van der Waals surface area contributed by atoms with Crippen LogP contribution in [0.5, 0.6) is 0 Å². The lowest BCUT2D eigenvalue weighted by Crippen LogP contribution is -2.34. The molecular formula is C12H14BrN3O. The van der Waals surface area contributed by atoms with Gasteiger partial charge in [0.05, 0.1) is 17.8 Å². The summed E-state index contributed by atoms with van der Waals surface area (Å²) in [5, 5.41) is 9.04. The van der Waals surface area contributed by atoms with Gasteiger partial charge in [0.25, 0.3) is 0 Å². The summed E-state index contributed by atoms with van der Waals surface area (Å²) >= 11 is 3.32. The van der Waals surface area contributed by atoms with Crippen LogP contribution < -0.4 is 4.90 Å². The minimum Gasteiger partial charge on any atom is -0.364 e. The molecule has 0 fully saturated rings. The van der Waals surface area contributed by atoms with Crippen molar-refractivity contribution in [2.45, 2.75) is 0 Å². The van der Waals surface area contributed by atoms with Gasteiger partial charge in [0, 0.05) is 25.6 Å². The van der Waals surface area contributed by atoms with Crippen LogP contribution in [0.3, 0.4) is 0 Å². The highest BCUT2D eigenvalue weighted by atomic mass is 79.9. The molecule has 0 aliphatic rings. The molecule has 4 nitrogen and oxygen atoms in total. The maximum atomic E-state index is 11.6. The zero-order valence-electron chi connectivity index (χ0n) is 10.1. The Morgan fingerprint density at radius 2 is 2.06 bits per heavy atom. The smallest absolute Gasteiger partial charge is 0.241 e. The maximum Gasteiger partial charge on any atom is 0.241 e. The Balaban J connectivity index is 2.93. The third-order valence-corrected chi connectivity index (χ3v) is 2.85. The van der Waals surface area contributed by atoms with Crippen LogP contribution in [0.2, 0.25) is 0 Å². The monoisotopic (exact) mass is 295 g/mol. The third kappa shape index (κ3) is 3.46.